The fourth-order valence-electron chi connectivity index (χ4n) is 1.83. The first-order valence-corrected chi connectivity index (χ1v) is 7.17. The highest BCUT2D eigenvalue weighted by atomic mass is 32.1. The highest BCUT2D eigenvalue weighted by Gasteiger charge is 2.14. The number of anilines is 1. The van der Waals surface area contributed by atoms with E-state index < -0.39 is 0 Å². The van der Waals surface area contributed by atoms with Gasteiger partial charge in [0.1, 0.15) is 17.2 Å². The molecule has 1 amide bonds. The van der Waals surface area contributed by atoms with Crippen molar-refractivity contribution in [3.8, 4) is 17.6 Å². The maximum absolute atomic E-state index is 12.2. The van der Waals surface area contributed by atoms with Gasteiger partial charge in [0.05, 0.1) is 7.11 Å². The summed E-state index contributed by atoms with van der Waals surface area (Å²) in [5, 5.41) is 13.4. The van der Waals surface area contributed by atoms with Gasteiger partial charge in [-0.2, -0.15) is 0 Å². The Morgan fingerprint density at radius 2 is 2.24 bits per heavy atom. The summed E-state index contributed by atoms with van der Waals surface area (Å²) >= 11 is 1.33. The molecule has 1 aromatic heterocycles. The molecule has 21 heavy (non-hydrogen) atoms. The van der Waals surface area contributed by atoms with Crippen LogP contribution in [0.2, 0.25) is 0 Å². The fourth-order valence-corrected chi connectivity index (χ4v) is 2.58. The van der Waals surface area contributed by atoms with Gasteiger partial charge in [0.2, 0.25) is 0 Å². The zero-order valence-corrected chi connectivity index (χ0v) is 12.6. The molecule has 1 aromatic carbocycles. The summed E-state index contributed by atoms with van der Waals surface area (Å²) in [6.45, 7) is 1.72. The van der Waals surface area contributed by atoms with Crippen molar-refractivity contribution in [2.24, 2.45) is 0 Å². The quantitative estimate of drug-likeness (QED) is 0.857. The molecular formula is C16H15NO3S. The van der Waals surface area contributed by atoms with Gasteiger partial charge in [-0.15, -0.1) is 11.3 Å². The third-order valence-corrected chi connectivity index (χ3v) is 3.74. The zero-order chi connectivity index (χ0) is 15.2. The fraction of sp³-hybridized carbons (Fsp3) is 0.188. The molecule has 0 spiro atoms. The molecule has 2 aromatic rings. The molecule has 0 saturated carbocycles. The molecule has 0 aliphatic rings. The Bertz CT molecular complexity index is 710. The van der Waals surface area contributed by atoms with Crippen LogP contribution in [-0.4, -0.2) is 24.7 Å². The van der Waals surface area contributed by atoms with E-state index in [0.717, 1.165) is 16.8 Å². The van der Waals surface area contributed by atoms with E-state index in [-0.39, 0.29) is 12.5 Å². The van der Waals surface area contributed by atoms with Crippen molar-refractivity contribution in [2.45, 2.75) is 6.92 Å². The van der Waals surface area contributed by atoms with Gasteiger partial charge in [0.15, 0.2) is 0 Å². The number of aliphatic hydroxyl groups is 1. The normalized spacial score (nSPS) is 9.67. The maximum atomic E-state index is 12.2. The lowest BCUT2D eigenvalue weighted by Crippen LogP contribution is -2.12. The first-order valence-electron chi connectivity index (χ1n) is 6.29. The van der Waals surface area contributed by atoms with Crippen LogP contribution in [0, 0.1) is 18.8 Å². The number of nitrogens with one attached hydrogen (secondary N) is 1. The summed E-state index contributed by atoms with van der Waals surface area (Å²) < 4.78 is 5.15. The van der Waals surface area contributed by atoms with Crippen LogP contribution in [-0.2, 0) is 0 Å². The number of ether oxygens (including phenoxy) is 1. The number of aliphatic hydroxyl groups excluding tert-OH is 1. The smallest absolute Gasteiger partial charge is 0.269 e. The summed E-state index contributed by atoms with van der Waals surface area (Å²) in [6, 6.07) is 7.23. The van der Waals surface area contributed by atoms with E-state index in [4.69, 9.17) is 9.84 Å². The predicted octanol–water partition coefficient (Wildman–Crippen LogP) is 2.66. The third-order valence-electron chi connectivity index (χ3n) is 2.84. The molecular weight excluding hydrogens is 286 g/mol. The summed E-state index contributed by atoms with van der Waals surface area (Å²) in [5.41, 5.74) is 2.43. The number of hydrogen-bond acceptors (Lipinski definition) is 4. The van der Waals surface area contributed by atoms with Crippen molar-refractivity contribution in [3.05, 3.63) is 45.6 Å². The lowest BCUT2D eigenvalue weighted by molar-refractivity contribution is 0.102. The summed E-state index contributed by atoms with van der Waals surface area (Å²) in [5.74, 6) is 5.80. The Morgan fingerprint density at radius 1 is 1.43 bits per heavy atom. The molecule has 108 valence electrons. The Balaban J connectivity index is 2.18. The molecule has 4 nitrogen and oxygen atoms in total. The van der Waals surface area contributed by atoms with Crippen molar-refractivity contribution < 1.29 is 14.6 Å². The molecule has 2 rings (SSSR count). The van der Waals surface area contributed by atoms with Gasteiger partial charge in [-0.25, -0.2) is 0 Å². The number of amides is 1. The molecule has 0 bridgehead atoms. The van der Waals surface area contributed by atoms with Crippen LogP contribution >= 0.6 is 11.3 Å². The second kappa shape index (κ2) is 6.93. The average Bonchev–Trinajstić information content (AvgIpc) is 2.96. The van der Waals surface area contributed by atoms with E-state index in [2.05, 4.69) is 17.2 Å². The van der Waals surface area contributed by atoms with Crippen LogP contribution in [0.25, 0.3) is 0 Å². The van der Waals surface area contributed by atoms with Crippen LogP contribution in [0.3, 0.4) is 0 Å². The van der Waals surface area contributed by atoms with Crippen LogP contribution in [0.5, 0.6) is 5.75 Å². The Morgan fingerprint density at radius 3 is 2.90 bits per heavy atom. The second-order valence-electron chi connectivity index (χ2n) is 4.26. The van der Waals surface area contributed by atoms with E-state index >= 15 is 0 Å². The topological polar surface area (TPSA) is 58.6 Å². The SMILES string of the molecule is COc1ccsc1C(=O)Nc1ccc(C#CCO)cc1C. The molecule has 0 fully saturated rings. The predicted molar refractivity (Wildman–Crippen MR) is 84.0 cm³/mol. The average molecular weight is 301 g/mol. The summed E-state index contributed by atoms with van der Waals surface area (Å²) in [6.07, 6.45) is 0. The monoisotopic (exact) mass is 301 g/mol. The standard InChI is InChI=1S/C16H15NO3S/c1-11-10-12(4-3-8-18)5-6-13(11)17-16(19)15-14(20-2)7-9-21-15/h5-7,9-10,18H,8H2,1-2H3,(H,17,19). The van der Waals surface area contributed by atoms with Crippen molar-refractivity contribution in [2.75, 3.05) is 19.0 Å². The molecule has 0 atom stereocenters. The van der Waals surface area contributed by atoms with Crippen LogP contribution in [0.15, 0.2) is 29.6 Å². The van der Waals surface area contributed by atoms with Crippen LogP contribution in [0.4, 0.5) is 5.69 Å². The number of thiophene rings is 1. The molecule has 1 heterocycles. The zero-order valence-electron chi connectivity index (χ0n) is 11.8. The number of carbonyl (C=O) groups excluding carboxylic acids is 1. The third kappa shape index (κ3) is 3.63. The highest BCUT2D eigenvalue weighted by molar-refractivity contribution is 7.12. The van der Waals surface area contributed by atoms with Crippen molar-refractivity contribution in [3.63, 3.8) is 0 Å². The number of benzene rings is 1. The summed E-state index contributed by atoms with van der Waals surface area (Å²) in [7, 11) is 1.54. The van der Waals surface area contributed by atoms with Gasteiger partial charge in [-0.05, 0) is 42.1 Å². The molecule has 0 aliphatic heterocycles. The molecule has 2 N–H and O–H groups in total. The van der Waals surface area contributed by atoms with Gasteiger partial charge in [-0.3, -0.25) is 4.79 Å². The second-order valence-corrected chi connectivity index (χ2v) is 5.18. The number of hydrogen-bond donors (Lipinski definition) is 2. The number of methoxy groups -OCH3 is 1. The van der Waals surface area contributed by atoms with E-state index in [1.165, 1.54) is 11.3 Å². The van der Waals surface area contributed by atoms with E-state index in [1.807, 2.05) is 18.4 Å². The Hall–Kier alpha value is -2.29. The number of rotatable bonds is 3. The van der Waals surface area contributed by atoms with Crippen molar-refractivity contribution in [1.82, 2.24) is 0 Å². The van der Waals surface area contributed by atoms with Gasteiger partial charge in [-0.1, -0.05) is 11.8 Å². The van der Waals surface area contributed by atoms with Crippen molar-refractivity contribution in [1.29, 1.82) is 0 Å². The molecule has 0 saturated heterocycles. The Kier molecular flexibility index (Phi) is 4.99. The van der Waals surface area contributed by atoms with Gasteiger partial charge >= 0.3 is 0 Å². The number of carbonyl (C=O) groups is 1. The van der Waals surface area contributed by atoms with E-state index in [0.29, 0.717) is 10.6 Å². The highest BCUT2D eigenvalue weighted by Crippen LogP contribution is 2.26. The largest absolute Gasteiger partial charge is 0.495 e. The first-order chi connectivity index (χ1) is 10.2. The minimum Gasteiger partial charge on any atom is -0.495 e. The molecule has 0 unspecified atom stereocenters. The Labute approximate surface area is 127 Å². The molecule has 0 aliphatic carbocycles. The van der Waals surface area contributed by atoms with Crippen molar-refractivity contribution >= 4 is 22.9 Å². The summed E-state index contributed by atoms with van der Waals surface area (Å²) in [4.78, 5) is 12.8. The molecule has 0 radical (unpaired) electrons. The van der Waals surface area contributed by atoms with Gasteiger partial charge in [0, 0.05) is 11.3 Å². The lowest BCUT2D eigenvalue weighted by Gasteiger charge is -2.09. The first kappa shape index (κ1) is 15.1. The number of aryl methyl sites for hydroxylation is 1. The lowest BCUT2D eigenvalue weighted by atomic mass is 10.1. The minimum absolute atomic E-state index is 0.171. The maximum Gasteiger partial charge on any atom is 0.269 e. The van der Waals surface area contributed by atoms with E-state index in [1.54, 1.807) is 25.3 Å². The van der Waals surface area contributed by atoms with E-state index in [9.17, 15) is 4.79 Å². The van der Waals surface area contributed by atoms with Gasteiger partial charge < -0.3 is 15.2 Å². The molecule has 5 heteroatoms. The van der Waals surface area contributed by atoms with Crippen LogP contribution in [0.1, 0.15) is 20.8 Å². The minimum atomic E-state index is -0.195. The van der Waals surface area contributed by atoms with Gasteiger partial charge in [0.25, 0.3) is 5.91 Å². The van der Waals surface area contributed by atoms with Crippen LogP contribution < -0.4 is 10.1 Å².